The Hall–Kier alpha value is -1.40. The van der Waals surface area contributed by atoms with Gasteiger partial charge in [-0.15, -0.1) is 0 Å². The molecule has 3 saturated heterocycles. The molecular formula is C19H26N2O3S. The number of carbonyl (C=O) groups is 1. The molecule has 4 fully saturated rings. The Bertz CT molecular complexity index is 730. The molecule has 0 spiro atoms. The van der Waals surface area contributed by atoms with Crippen LogP contribution in [0.15, 0.2) is 30.3 Å². The number of amides is 1. The summed E-state index contributed by atoms with van der Waals surface area (Å²) >= 11 is 0. The summed E-state index contributed by atoms with van der Waals surface area (Å²) in [7, 11) is -3.36. The van der Waals surface area contributed by atoms with E-state index in [2.05, 4.69) is 0 Å². The zero-order valence-electron chi connectivity index (χ0n) is 14.5. The maximum Gasteiger partial charge on any atom is 0.225 e. The molecule has 5 nitrogen and oxygen atoms in total. The molecule has 1 aromatic carbocycles. The predicted molar refractivity (Wildman–Crippen MR) is 96.2 cm³/mol. The number of hydrogen-bond acceptors (Lipinski definition) is 3. The van der Waals surface area contributed by atoms with Crippen molar-refractivity contribution in [1.82, 2.24) is 9.21 Å². The Morgan fingerprint density at radius 1 is 1.00 bits per heavy atom. The first-order chi connectivity index (χ1) is 12.0. The molecule has 3 heterocycles. The van der Waals surface area contributed by atoms with Gasteiger partial charge in [0, 0.05) is 31.6 Å². The van der Waals surface area contributed by atoms with E-state index in [4.69, 9.17) is 0 Å². The van der Waals surface area contributed by atoms with Crippen LogP contribution in [-0.4, -0.2) is 49.2 Å². The largest absolute Gasteiger partial charge is 0.341 e. The molecule has 136 valence electrons. The smallest absolute Gasteiger partial charge is 0.225 e. The van der Waals surface area contributed by atoms with Crippen LogP contribution in [0.1, 0.15) is 37.7 Å². The Kier molecular flexibility index (Phi) is 4.58. The van der Waals surface area contributed by atoms with Crippen LogP contribution >= 0.6 is 0 Å². The average molecular weight is 362 g/mol. The second-order valence-corrected chi connectivity index (χ2v) is 9.70. The summed E-state index contributed by atoms with van der Waals surface area (Å²) in [5.41, 5.74) is 0.824. The van der Waals surface area contributed by atoms with E-state index in [1.165, 1.54) is 0 Å². The summed E-state index contributed by atoms with van der Waals surface area (Å²) in [6.07, 6.45) is 5.04. The molecule has 1 saturated carbocycles. The molecule has 4 aliphatic rings. The molecule has 5 rings (SSSR count). The van der Waals surface area contributed by atoms with E-state index < -0.39 is 10.0 Å². The van der Waals surface area contributed by atoms with Gasteiger partial charge in [0.2, 0.25) is 15.9 Å². The van der Waals surface area contributed by atoms with Gasteiger partial charge in [0.25, 0.3) is 0 Å². The molecule has 0 aromatic heterocycles. The van der Waals surface area contributed by atoms with Crippen molar-refractivity contribution >= 4 is 15.9 Å². The van der Waals surface area contributed by atoms with E-state index in [1.807, 2.05) is 35.2 Å². The molecule has 1 amide bonds. The van der Waals surface area contributed by atoms with E-state index in [0.29, 0.717) is 13.1 Å². The highest BCUT2D eigenvalue weighted by Gasteiger charge is 2.43. The number of fused-ring (bicyclic) bond motifs is 4. The zero-order chi connectivity index (χ0) is 17.4. The number of benzene rings is 1. The summed E-state index contributed by atoms with van der Waals surface area (Å²) in [5, 5.41) is 0. The highest BCUT2D eigenvalue weighted by atomic mass is 32.2. The summed E-state index contributed by atoms with van der Waals surface area (Å²) < 4.78 is 27.7. The quantitative estimate of drug-likeness (QED) is 0.825. The van der Waals surface area contributed by atoms with Crippen LogP contribution in [0, 0.1) is 11.8 Å². The van der Waals surface area contributed by atoms with Crippen LogP contribution in [0.25, 0.3) is 0 Å². The van der Waals surface area contributed by atoms with Crippen molar-refractivity contribution in [2.75, 3.05) is 19.6 Å². The molecule has 6 heteroatoms. The summed E-state index contributed by atoms with van der Waals surface area (Å²) in [6.45, 7) is 1.86. The maximum atomic E-state index is 13.0. The minimum atomic E-state index is -3.36. The van der Waals surface area contributed by atoms with Crippen molar-refractivity contribution in [2.45, 2.75) is 43.9 Å². The molecule has 1 aliphatic carbocycles. The van der Waals surface area contributed by atoms with Crippen molar-refractivity contribution < 1.29 is 13.2 Å². The topological polar surface area (TPSA) is 57.7 Å². The standard InChI is InChI=1S/C19H26N2O3S/c22-19(17-7-4-8-17)20-11-16-9-10-18(13-20)21(12-16)25(23,24)14-15-5-2-1-3-6-15/h1-3,5-6,16-18H,4,7-14H2/t16-,18+/m1/s1. The summed E-state index contributed by atoms with van der Waals surface area (Å²) in [6, 6.07) is 9.31. The summed E-state index contributed by atoms with van der Waals surface area (Å²) in [4.78, 5) is 14.6. The van der Waals surface area contributed by atoms with Crippen LogP contribution in [0.4, 0.5) is 0 Å². The van der Waals surface area contributed by atoms with Crippen molar-refractivity contribution in [3.8, 4) is 0 Å². The molecule has 0 radical (unpaired) electrons. The lowest BCUT2D eigenvalue weighted by atomic mass is 9.84. The first kappa shape index (κ1) is 17.0. The van der Waals surface area contributed by atoms with Crippen LogP contribution in [0.2, 0.25) is 0 Å². The van der Waals surface area contributed by atoms with Crippen LogP contribution < -0.4 is 0 Å². The molecule has 0 N–H and O–H groups in total. The summed E-state index contributed by atoms with van der Waals surface area (Å²) in [5.74, 6) is 0.763. The highest BCUT2D eigenvalue weighted by molar-refractivity contribution is 7.88. The third kappa shape index (κ3) is 3.47. The van der Waals surface area contributed by atoms with E-state index in [9.17, 15) is 13.2 Å². The third-order valence-corrected chi connectivity index (χ3v) is 7.84. The second-order valence-electron chi connectivity index (χ2n) is 7.78. The van der Waals surface area contributed by atoms with Gasteiger partial charge >= 0.3 is 0 Å². The van der Waals surface area contributed by atoms with Crippen LogP contribution in [-0.2, 0) is 20.6 Å². The SMILES string of the molecule is O=C(C1CCC1)N1C[C@H]2CC[C@@H](C1)N(S(=O)(=O)Cc1ccccc1)C2. The zero-order valence-corrected chi connectivity index (χ0v) is 15.3. The van der Waals surface area contributed by atoms with Crippen molar-refractivity contribution in [1.29, 1.82) is 0 Å². The Labute approximate surface area is 150 Å². The van der Waals surface area contributed by atoms with E-state index >= 15 is 0 Å². The number of nitrogens with zero attached hydrogens (tertiary/aromatic N) is 2. The van der Waals surface area contributed by atoms with Gasteiger partial charge in [0.1, 0.15) is 0 Å². The highest BCUT2D eigenvalue weighted by Crippen LogP contribution is 2.34. The monoisotopic (exact) mass is 362 g/mol. The second kappa shape index (κ2) is 6.72. The Morgan fingerprint density at radius 3 is 2.44 bits per heavy atom. The lowest BCUT2D eigenvalue weighted by Gasteiger charge is -2.35. The van der Waals surface area contributed by atoms with Crippen molar-refractivity contribution in [3.63, 3.8) is 0 Å². The Morgan fingerprint density at radius 2 is 1.76 bits per heavy atom. The Balaban J connectivity index is 1.51. The number of rotatable bonds is 4. The van der Waals surface area contributed by atoms with Gasteiger partial charge in [-0.3, -0.25) is 4.79 Å². The molecule has 1 aromatic rings. The van der Waals surface area contributed by atoms with Gasteiger partial charge in [-0.1, -0.05) is 36.8 Å². The third-order valence-electron chi connectivity index (χ3n) is 5.98. The van der Waals surface area contributed by atoms with E-state index in [0.717, 1.165) is 44.2 Å². The molecule has 2 atom stereocenters. The number of sulfonamides is 1. The lowest BCUT2D eigenvalue weighted by Crippen LogP contribution is -2.48. The molecular weight excluding hydrogens is 336 g/mol. The molecule has 3 aliphatic heterocycles. The van der Waals surface area contributed by atoms with Crippen LogP contribution in [0.5, 0.6) is 0 Å². The van der Waals surface area contributed by atoms with Gasteiger partial charge in [0.05, 0.1) is 5.75 Å². The lowest BCUT2D eigenvalue weighted by molar-refractivity contribution is -0.138. The van der Waals surface area contributed by atoms with Gasteiger partial charge in [-0.05, 0) is 37.2 Å². The fraction of sp³-hybridized carbons (Fsp3) is 0.632. The average Bonchev–Trinajstić information content (AvgIpc) is 2.86. The number of carbonyl (C=O) groups excluding carboxylic acids is 1. The van der Waals surface area contributed by atoms with Crippen molar-refractivity contribution in [2.24, 2.45) is 11.8 Å². The van der Waals surface area contributed by atoms with E-state index in [1.54, 1.807) is 4.31 Å². The number of hydrogen-bond donors (Lipinski definition) is 0. The number of piperidine rings is 1. The fourth-order valence-corrected chi connectivity index (χ4v) is 6.18. The fourth-order valence-electron chi connectivity index (χ4n) is 4.34. The first-order valence-corrected chi connectivity index (χ1v) is 11.0. The van der Waals surface area contributed by atoms with Gasteiger partial charge < -0.3 is 4.90 Å². The van der Waals surface area contributed by atoms with E-state index in [-0.39, 0.29) is 29.5 Å². The van der Waals surface area contributed by atoms with Crippen LogP contribution in [0.3, 0.4) is 0 Å². The predicted octanol–water partition coefficient (Wildman–Crippen LogP) is 2.24. The minimum Gasteiger partial charge on any atom is -0.341 e. The normalized spacial score (nSPS) is 27.8. The van der Waals surface area contributed by atoms with Gasteiger partial charge in [-0.2, -0.15) is 4.31 Å². The molecule has 0 unspecified atom stereocenters. The minimum absolute atomic E-state index is 0.0492. The maximum absolute atomic E-state index is 13.0. The first-order valence-electron chi connectivity index (χ1n) is 9.35. The van der Waals surface area contributed by atoms with Crippen molar-refractivity contribution in [3.05, 3.63) is 35.9 Å². The molecule has 25 heavy (non-hydrogen) atoms. The van der Waals surface area contributed by atoms with Gasteiger partial charge in [-0.25, -0.2) is 8.42 Å². The molecule has 2 bridgehead atoms. The van der Waals surface area contributed by atoms with Gasteiger partial charge in [0.15, 0.2) is 0 Å².